The molecule has 4 heterocycles. The van der Waals surface area contributed by atoms with Gasteiger partial charge in [0.05, 0.1) is 22.6 Å². The maximum absolute atomic E-state index is 12.6. The van der Waals surface area contributed by atoms with E-state index in [0.29, 0.717) is 22.0 Å². The third kappa shape index (κ3) is 3.67. The number of pyridine rings is 1. The molecule has 5 rings (SSSR count). The Morgan fingerprint density at radius 3 is 2.53 bits per heavy atom. The van der Waals surface area contributed by atoms with E-state index in [0.717, 1.165) is 44.1 Å². The molecule has 0 saturated carbocycles. The Balaban J connectivity index is 1.35. The fraction of sp³-hybridized carbons (Fsp3) is 0.238. The van der Waals surface area contributed by atoms with E-state index in [4.69, 9.17) is 16.6 Å². The maximum atomic E-state index is 12.6. The van der Waals surface area contributed by atoms with E-state index < -0.39 is 0 Å². The first-order valence-corrected chi connectivity index (χ1v) is 10.2. The van der Waals surface area contributed by atoms with Crippen LogP contribution in [0.1, 0.15) is 5.69 Å². The molecule has 9 heteroatoms. The Morgan fingerprint density at radius 2 is 1.80 bits per heavy atom. The molecule has 3 aromatic heterocycles. The highest BCUT2D eigenvalue weighted by Gasteiger charge is 2.21. The summed E-state index contributed by atoms with van der Waals surface area (Å²) >= 11 is 5.91. The topological polar surface area (TPSA) is 82.9 Å². The summed E-state index contributed by atoms with van der Waals surface area (Å²) in [6, 6.07) is 13.5. The average molecular weight is 422 g/mol. The summed E-state index contributed by atoms with van der Waals surface area (Å²) in [6.07, 6.45) is 3.24. The summed E-state index contributed by atoms with van der Waals surface area (Å²) in [5.41, 5.74) is 2.25. The van der Waals surface area contributed by atoms with Crippen LogP contribution in [0, 0.1) is 0 Å². The SMILES string of the molecule is O=c1[nH]c(N2CCN(Cc3ccc(Cl)cn3)CC2)nc2c1cnn2-c1ccccc1. The lowest BCUT2D eigenvalue weighted by Crippen LogP contribution is -2.47. The van der Waals surface area contributed by atoms with Crippen LogP contribution in [0.5, 0.6) is 0 Å². The molecule has 1 fully saturated rings. The predicted octanol–water partition coefficient (Wildman–Crippen LogP) is 2.48. The van der Waals surface area contributed by atoms with Crippen molar-refractivity contribution >= 4 is 28.6 Å². The van der Waals surface area contributed by atoms with E-state index in [1.165, 1.54) is 0 Å². The first-order chi connectivity index (χ1) is 14.7. The van der Waals surface area contributed by atoms with Crippen molar-refractivity contribution in [1.82, 2.24) is 29.6 Å². The van der Waals surface area contributed by atoms with Gasteiger partial charge in [0, 0.05) is 38.9 Å². The van der Waals surface area contributed by atoms with Gasteiger partial charge in [-0.15, -0.1) is 0 Å². The molecular formula is C21H20ClN7O. The van der Waals surface area contributed by atoms with E-state index in [9.17, 15) is 4.79 Å². The number of nitrogens with one attached hydrogen (secondary N) is 1. The largest absolute Gasteiger partial charge is 0.340 e. The number of fused-ring (bicyclic) bond motifs is 1. The van der Waals surface area contributed by atoms with Gasteiger partial charge in [0.1, 0.15) is 5.39 Å². The minimum Gasteiger partial charge on any atom is -0.340 e. The van der Waals surface area contributed by atoms with Gasteiger partial charge in [0.25, 0.3) is 5.56 Å². The number of H-pyrrole nitrogens is 1. The highest BCUT2D eigenvalue weighted by atomic mass is 35.5. The standard InChI is InChI=1S/C21H20ClN7O/c22-15-6-7-16(23-12-15)14-27-8-10-28(11-9-27)21-25-19-18(20(30)26-21)13-24-29(19)17-4-2-1-3-5-17/h1-7,12-13H,8-11,14H2,(H,25,26,30). The molecule has 1 aliphatic rings. The minimum absolute atomic E-state index is 0.176. The van der Waals surface area contributed by atoms with E-state index >= 15 is 0 Å². The highest BCUT2D eigenvalue weighted by Crippen LogP contribution is 2.18. The van der Waals surface area contributed by atoms with E-state index in [1.807, 2.05) is 42.5 Å². The Labute approximate surface area is 177 Å². The molecule has 0 aliphatic carbocycles. The molecule has 0 atom stereocenters. The van der Waals surface area contributed by atoms with Gasteiger partial charge in [0.15, 0.2) is 5.65 Å². The summed E-state index contributed by atoms with van der Waals surface area (Å²) < 4.78 is 1.70. The van der Waals surface area contributed by atoms with Gasteiger partial charge in [-0.25, -0.2) is 4.68 Å². The fourth-order valence-corrected chi connectivity index (χ4v) is 3.77. The van der Waals surface area contributed by atoms with Crippen molar-refractivity contribution in [3.05, 3.63) is 75.9 Å². The minimum atomic E-state index is -0.176. The van der Waals surface area contributed by atoms with Gasteiger partial charge in [-0.2, -0.15) is 10.1 Å². The number of hydrogen-bond donors (Lipinski definition) is 1. The first-order valence-electron chi connectivity index (χ1n) is 9.78. The van der Waals surface area contributed by atoms with Gasteiger partial charge in [-0.1, -0.05) is 29.8 Å². The summed E-state index contributed by atoms with van der Waals surface area (Å²) in [7, 11) is 0. The lowest BCUT2D eigenvalue weighted by atomic mass is 10.2. The van der Waals surface area contributed by atoms with E-state index in [2.05, 4.69) is 24.9 Å². The maximum Gasteiger partial charge on any atom is 0.263 e. The molecule has 1 aromatic carbocycles. The molecule has 30 heavy (non-hydrogen) atoms. The summed E-state index contributed by atoms with van der Waals surface area (Å²) in [4.78, 5) is 29.1. The number of hydrogen-bond acceptors (Lipinski definition) is 6. The number of anilines is 1. The molecule has 0 unspecified atom stereocenters. The lowest BCUT2D eigenvalue weighted by molar-refractivity contribution is 0.246. The second kappa shape index (κ2) is 7.89. The Hall–Kier alpha value is -3.23. The van der Waals surface area contributed by atoms with Crippen LogP contribution in [-0.2, 0) is 6.54 Å². The Bertz CT molecular complexity index is 1210. The third-order valence-electron chi connectivity index (χ3n) is 5.27. The number of para-hydroxylation sites is 1. The molecule has 0 amide bonds. The van der Waals surface area contributed by atoms with Crippen LogP contribution >= 0.6 is 11.6 Å². The van der Waals surface area contributed by atoms with Crippen molar-refractivity contribution in [2.75, 3.05) is 31.1 Å². The quantitative estimate of drug-likeness (QED) is 0.545. The Morgan fingerprint density at radius 1 is 1.00 bits per heavy atom. The van der Waals surface area contributed by atoms with Crippen molar-refractivity contribution in [1.29, 1.82) is 0 Å². The predicted molar refractivity (Wildman–Crippen MR) is 116 cm³/mol. The number of nitrogens with zero attached hydrogens (tertiary/aromatic N) is 6. The number of rotatable bonds is 4. The first kappa shape index (κ1) is 18.8. The van der Waals surface area contributed by atoms with Gasteiger partial charge in [0.2, 0.25) is 5.95 Å². The van der Waals surface area contributed by atoms with Crippen LogP contribution in [0.2, 0.25) is 5.02 Å². The van der Waals surface area contributed by atoms with Crippen molar-refractivity contribution in [2.45, 2.75) is 6.54 Å². The molecule has 0 bridgehead atoms. The molecule has 4 aromatic rings. The van der Waals surface area contributed by atoms with Crippen molar-refractivity contribution in [3.8, 4) is 5.69 Å². The van der Waals surface area contributed by atoms with Gasteiger partial charge in [-0.3, -0.25) is 19.7 Å². The van der Waals surface area contributed by atoms with Crippen LogP contribution < -0.4 is 10.5 Å². The Kier molecular flexibility index (Phi) is 4.94. The summed E-state index contributed by atoms with van der Waals surface area (Å²) in [6.45, 7) is 4.01. The van der Waals surface area contributed by atoms with Crippen LogP contribution in [0.4, 0.5) is 5.95 Å². The van der Waals surface area contributed by atoms with Crippen LogP contribution in [-0.4, -0.2) is 55.8 Å². The second-order valence-corrected chi connectivity index (χ2v) is 7.69. The zero-order valence-corrected chi connectivity index (χ0v) is 17.0. The number of aromatic nitrogens is 5. The highest BCUT2D eigenvalue weighted by molar-refractivity contribution is 6.30. The van der Waals surface area contributed by atoms with Crippen LogP contribution in [0.3, 0.4) is 0 Å². The summed E-state index contributed by atoms with van der Waals surface area (Å²) in [5.74, 6) is 0.578. The van der Waals surface area contributed by atoms with Crippen LogP contribution in [0.25, 0.3) is 16.7 Å². The molecule has 1 aliphatic heterocycles. The number of piperazine rings is 1. The van der Waals surface area contributed by atoms with Crippen LogP contribution in [0.15, 0.2) is 59.7 Å². The number of benzene rings is 1. The smallest absolute Gasteiger partial charge is 0.263 e. The molecule has 0 radical (unpaired) electrons. The number of halogens is 1. The zero-order chi connectivity index (χ0) is 20.5. The average Bonchev–Trinajstić information content (AvgIpc) is 3.21. The molecule has 8 nitrogen and oxygen atoms in total. The van der Waals surface area contributed by atoms with Gasteiger partial charge < -0.3 is 4.90 Å². The monoisotopic (exact) mass is 421 g/mol. The summed E-state index contributed by atoms with van der Waals surface area (Å²) in [5, 5.41) is 5.49. The van der Waals surface area contributed by atoms with Crippen molar-refractivity contribution in [3.63, 3.8) is 0 Å². The molecule has 1 saturated heterocycles. The molecular weight excluding hydrogens is 402 g/mol. The van der Waals surface area contributed by atoms with Crippen molar-refractivity contribution < 1.29 is 0 Å². The van der Waals surface area contributed by atoms with E-state index in [1.54, 1.807) is 17.1 Å². The fourth-order valence-electron chi connectivity index (χ4n) is 3.66. The third-order valence-corrected chi connectivity index (χ3v) is 5.50. The second-order valence-electron chi connectivity index (χ2n) is 7.25. The molecule has 0 spiro atoms. The van der Waals surface area contributed by atoms with Gasteiger partial charge in [-0.05, 0) is 24.3 Å². The lowest BCUT2D eigenvalue weighted by Gasteiger charge is -2.34. The normalized spacial score (nSPS) is 15.0. The van der Waals surface area contributed by atoms with Crippen molar-refractivity contribution in [2.24, 2.45) is 0 Å². The zero-order valence-electron chi connectivity index (χ0n) is 16.2. The van der Waals surface area contributed by atoms with E-state index in [-0.39, 0.29) is 5.56 Å². The molecule has 152 valence electrons. The number of aromatic amines is 1. The molecule has 1 N–H and O–H groups in total. The van der Waals surface area contributed by atoms with Gasteiger partial charge >= 0.3 is 0 Å².